The van der Waals surface area contributed by atoms with Crippen LogP contribution in [-0.4, -0.2) is 48.0 Å². The van der Waals surface area contributed by atoms with Gasteiger partial charge in [-0.2, -0.15) is 0 Å². The molecule has 0 unspecified atom stereocenters. The highest BCUT2D eigenvalue weighted by Crippen LogP contribution is 2.25. The molecule has 0 bridgehead atoms. The molecule has 2 atom stereocenters. The van der Waals surface area contributed by atoms with E-state index in [9.17, 15) is 14.4 Å². The second-order valence-electron chi connectivity index (χ2n) is 4.40. The first-order valence-electron chi connectivity index (χ1n) is 6.53. The van der Waals surface area contributed by atoms with E-state index in [0.717, 1.165) is 12.8 Å². The van der Waals surface area contributed by atoms with Crippen LogP contribution < -0.4 is 10.6 Å². The van der Waals surface area contributed by atoms with Crippen molar-refractivity contribution in [2.45, 2.75) is 38.8 Å². The molecule has 0 aromatic carbocycles. The van der Waals surface area contributed by atoms with Crippen molar-refractivity contribution in [1.29, 1.82) is 0 Å². The first-order chi connectivity index (χ1) is 9.54. The fraction of sp³-hybridized carbons (Fsp3) is 0.750. The molecule has 114 valence electrons. The highest BCUT2D eigenvalue weighted by molar-refractivity contribution is 8.76. The number of ether oxygens (including phenoxy) is 1. The van der Waals surface area contributed by atoms with Crippen LogP contribution in [0.4, 0.5) is 0 Å². The fourth-order valence-electron chi connectivity index (χ4n) is 1.52. The minimum Gasteiger partial charge on any atom is -0.464 e. The summed E-state index contributed by atoms with van der Waals surface area (Å²) < 4.78 is 5.12. The molecule has 0 aromatic heterocycles. The number of amides is 2. The minimum atomic E-state index is -0.659. The predicted molar refractivity (Wildman–Crippen MR) is 80.3 cm³/mol. The number of unbranched alkanes of at least 4 members (excludes halogenated alkanes) is 1. The Morgan fingerprint density at radius 1 is 1.40 bits per heavy atom. The number of esters is 1. The molecular formula is C12H20N2O4S2. The standard InChI is InChI=1S/C12H20N2O4S2/c1-3-4-5-18-12(17)10-7-20-19-6-9(11(16)14-10)13-8(2)15/h9-10H,3-7H2,1-2H3,(H,13,15)(H,14,16)/t9-,10-/m1/s1. The van der Waals surface area contributed by atoms with Crippen molar-refractivity contribution < 1.29 is 19.1 Å². The molecule has 2 N–H and O–H groups in total. The highest BCUT2D eigenvalue weighted by atomic mass is 33.1. The average molecular weight is 320 g/mol. The normalized spacial score (nSPS) is 23.2. The topological polar surface area (TPSA) is 84.5 Å². The second kappa shape index (κ2) is 9.12. The van der Waals surface area contributed by atoms with Crippen LogP contribution in [-0.2, 0) is 19.1 Å². The first kappa shape index (κ1) is 17.2. The summed E-state index contributed by atoms with van der Waals surface area (Å²) in [6.07, 6.45) is 1.75. The second-order valence-corrected chi connectivity index (χ2v) is 6.96. The van der Waals surface area contributed by atoms with Crippen LogP contribution in [0.3, 0.4) is 0 Å². The fourth-order valence-corrected chi connectivity index (χ4v) is 3.83. The molecule has 2 amide bonds. The van der Waals surface area contributed by atoms with Crippen molar-refractivity contribution >= 4 is 39.4 Å². The van der Waals surface area contributed by atoms with Crippen molar-refractivity contribution in [2.75, 3.05) is 18.1 Å². The Balaban J connectivity index is 2.54. The third kappa shape index (κ3) is 6.04. The zero-order valence-electron chi connectivity index (χ0n) is 11.6. The smallest absolute Gasteiger partial charge is 0.329 e. The molecule has 20 heavy (non-hydrogen) atoms. The van der Waals surface area contributed by atoms with Crippen LogP contribution in [0, 0.1) is 0 Å². The third-order valence-corrected chi connectivity index (χ3v) is 5.01. The van der Waals surface area contributed by atoms with Gasteiger partial charge in [-0.25, -0.2) is 4.79 Å². The van der Waals surface area contributed by atoms with Gasteiger partial charge in [-0.05, 0) is 6.42 Å². The van der Waals surface area contributed by atoms with Gasteiger partial charge in [-0.15, -0.1) is 0 Å². The van der Waals surface area contributed by atoms with E-state index < -0.39 is 18.1 Å². The van der Waals surface area contributed by atoms with Gasteiger partial charge in [0.15, 0.2) is 0 Å². The van der Waals surface area contributed by atoms with Crippen LogP contribution in [0.25, 0.3) is 0 Å². The van der Waals surface area contributed by atoms with E-state index in [2.05, 4.69) is 10.6 Å². The van der Waals surface area contributed by atoms with Crippen LogP contribution >= 0.6 is 21.6 Å². The number of carbonyl (C=O) groups excluding carboxylic acids is 3. The molecule has 1 aliphatic rings. The maximum atomic E-state index is 12.0. The van der Waals surface area contributed by atoms with Crippen molar-refractivity contribution in [3.8, 4) is 0 Å². The quantitative estimate of drug-likeness (QED) is 0.441. The zero-order valence-corrected chi connectivity index (χ0v) is 13.3. The molecule has 0 aliphatic carbocycles. The number of hydrogen-bond acceptors (Lipinski definition) is 6. The lowest BCUT2D eigenvalue weighted by atomic mass is 10.2. The Kier molecular flexibility index (Phi) is 7.83. The van der Waals surface area contributed by atoms with Gasteiger partial charge >= 0.3 is 5.97 Å². The molecule has 0 aromatic rings. The minimum absolute atomic E-state index is 0.265. The molecule has 1 aliphatic heterocycles. The van der Waals surface area contributed by atoms with Crippen molar-refractivity contribution in [3.63, 3.8) is 0 Å². The van der Waals surface area contributed by atoms with Gasteiger partial charge in [0.1, 0.15) is 12.1 Å². The Hall–Kier alpha value is -0.890. The summed E-state index contributed by atoms with van der Waals surface area (Å²) in [5, 5.41) is 5.21. The lowest BCUT2D eigenvalue weighted by molar-refractivity contribution is -0.147. The van der Waals surface area contributed by atoms with Crippen molar-refractivity contribution in [3.05, 3.63) is 0 Å². The van der Waals surface area contributed by atoms with E-state index in [1.54, 1.807) is 0 Å². The van der Waals surface area contributed by atoms with Gasteiger partial charge in [0, 0.05) is 18.4 Å². The summed E-state index contributed by atoms with van der Waals surface area (Å²) in [7, 11) is 2.95. The number of carbonyl (C=O) groups is 3. The number of nitrogens with one attached hydrogen (secondary N) is 2. The molecule has 8 heteroatoms. The number of rotatable bonds is 5. The van der Waals surface area contributed by atoms with E-state index in [-0.39, 0.29) is 11.8 Å². The Morgan fingerprint density at radius 3 is 2.75 bits per heavy atom. The summed E-state index contributed by atoms with van der Waals surface area (Å²) in [5.74, 6) is -0.0748. The molecule has 0 spiro atoms. The van der Waals surface area contributed by atoms with Gasteiger partial charge in [0.2, 0.25) is 11.8 Å². The molecule has 1 saturated heterocycles. The summed E-state index contributed by atoms with van der Waals surface area (Å²) >= 11 is 0. The van der Waals surface area contributed by atoms with Crippen LogP contribution in [0.2, 0.25) is 0 Å². The molecule has 1 heterocycles. The summed E-state index contributed by atoms with van der Waals surface area (Å²) in [6, 6.07) is -1.27. The van der Waals surface area contributed by atoms with Gasteiger partial charge in [-0.3, -0.25) is 9.59 Å². The summed E-state index contributed by atoms with van der Waals surface area (Å²) in [6.45, 7) is 3.74. The van der Waals surface area contributed by atoms with E-state index in [1.807, 2.05) is 6.92 Å². The van der Waals surface area contributed by atoms with Crippen LogP contribution in [0.1, 0.15) is 26.7 Å². The molecular weight excluding hydrogens is 300 g/mol. The molecule has 1 fully saturated rings. The molecule has 0 radical (unpaired) electrons. The number of hydrogen-bond donors (Lipinski definition) is 2. The summed E-state index contributed by atoms with van der Waals surface area (Å²) in [4.78, 5) is 34.9. The van der Waals surface area contributed by atoms with Crippen molar-refractivity contribution in [2.24, 2.45) is 0 Å². The largest absolute Gasteiger partial charge is 0.464 e. The third-order valence-electron chi connectivity index (χ3n) is 2.59. The molecule has 6 nitrogen and oxygen atoms in total. The zero-order chi connectivity index (χ0) is 15.0. The van der Waals surface area contributed by atoms with Crippen LogP contribution in [0.15, 0.2) is 0 Å². The van der Waals surface area contributed by atoms with Gasteiger partial charge in [0.25, 0.3) is 0 Å². The first-order valence-corrected chi connectivity index (χ1v) is 9.02. The maximum absolute atomic E-state index is 12.0. The average Bonchev–Trinajstić information content (AvgIpc) is 2.38. The van der Waals surface area contributed by atoms with E-state index in [1.165, 1.54) is 28.5 Å². The van der Waals surface area contributed by atoms with Crippen LogP contribution in [0.5, 0.6) is 0 Å². The Morgan fingerprint density at radius 2 is 2.10 bits per heavy atom. The highest BCUT2D eigenvalue weighted by Gasteiger charge is 2.29. The van der Waals surface area contributed by atoms with E-state index in [4.69, 9.17) is 4.74 Å². The van der Waals surface area contributed by atoms with Gasteiger partial charge in [-0.1, -0.05) is 34.9 Å². The Labute approximate surface area is 126 Å². The lowest BCUT2D eigenvalue weighted by Crippen LogP contribution is -2.54. The van der Waals surface area contributed by atoms with Gasteiger partial charge < -0.3 is 15.4 Å². The maximum Gasteiger partial charge on any atom is 0.329 e. The monoisotopic (exact) mass is 320 g/mol. The summed E-state index contributed by atoms with van der Waals surface area (Å²) in [5.41, 5.74) is 0. The van der Waals surface area contributed by atoms with E-state index >= 15 is 0 Å². The predicted octanol–water partition coefficient (Wildman–Crippen LogP) is 0.714. The van der Waals surface area contributed by atoms with Crippen molar-refractivity contribution in [1.82, 2.24) is 10.6 Å². The Bertz CT molecular complexity index is 365. The van der Waals surface area contributed by atoms with Gasteiger partial charge in [0.05, 0.1) is 6.61 Å². The SMILES string of the molecule is CCCCOC(=O)[C@H]1CSSC[C@@H](NC(C)=O)C(=O)N1. The molecule has 1 rings (SSSR count). The molecule has 0 saturated carbocycles. The lowest BCUT2D eigenvalue weighted by Gasteiger charge is -2.24. The van der Waals surface area contributed by atoms with E-state index in [0.29, 0.717) is 18.1 Å².